The van der Waals surface area contributed by atoms with Gasteiger partial charge in [-0.2, -0.15) is 0 Å². The Hall–Kier alpha value is -2.74. The summed E-state index contributed by atoms with van der Waals surface area (Å²) < 4.78 is 14.8. The summed E-state index contributed by atoms with van der Waals surface area (Å²) in [5.41, 5.74) is 6.60. The van der Waals surface area contributed by atoms with E-state index in [1.807, 2.05) is 0 Å². The van der Waals surface area contributed by atoms with Crippen LogP contribution in [0, 0.1) is 11.4 Å². The van der Waals surface area contributed by atoms with Gasteiger partial charge in [-0.15, -0.1) is 0 Å². The predicted octanol–water partition coefficient (Wildman–Crippen LogP) is 1.24. The third-order valence-corrected chi connectivity index (χ3v) is 2.84. The number of ether oxygens (including phenoxy) is 3. The van der Waals surface area contributed by atoms with E-state index in [0.717, 1.165) is 6.21 Å². The van der Waals surface area contributed by atoms with E-state index in [4.69, 9.17) is 19.7 Å². The molecule has 10 nitrogen and oxygen atoms in total. The van der Waals surface area contributed by atoms with Gasteiger partial charge >= 0.3 is 24.2 Å². The first kappa shape index (κ1) is 23.3. The Labute approximate surface area is 151 Å². The van der Waals surface area contributed by atoms with E-state index in [0.29, 0.717) is 0 Å². The Balaban J connectivity index is 4.79. The molecule has 146 valence electrons. The number of esters is 2. The van der Waals surface area contributed by atoms with Crippen LogP contribution in [-0.4, -0.2) is 53.3 Å². The fourth-order valence-electron chi connectivity index (χ4n) is 1.64. The highest BCUT2D eigenvalue weighted by molar-refractivity contribution is 6.25. The van der Waals surface area contributed by atoms with Crippen LogP contribution < -0.4 is 5.32 Å². The summed E-state index contributed by atoms with van der Waals surface area (Å²) in [5, 5.41) is 2.28. The molecule has 0 bridgehead atoms. The van der Waals surface area contributed by atoms with Gasteiger partial charge in [0.1, 0.15) is 6.04 Å². The maximum atomic E-state index is 12.1. The van der Waals surface area contributed by atoms with Gasteiger partial charge in [-0.25, -0.2) is 9.59 Å². The van der Waals surface area contributed by atoms with Crippen molar-refractivity contribution in [1.29, 1.82) is 5.53 Å². The Morgan fingerprint density at radius 3 is 2.12 bits per heavy atom. The lowest BCUT2D eigenvalue weighted by molar-refractivity contribution is -0.169. The van der Waals surface area contributed by atoms with Crippen LogP contribution in [0.4, 0.5) is 4.79 Å². The number of carbonyl (C=O) groups is 4. The molecule has 0 saturated carbocycles. The molecule has 2 unspecified atom stereocenters. The molecule has 0 spiro atoms. The molecule has 2 atom stereocenters. The van der Waals surface area contributed by atoms with E-state index in [1.165, 1.54) is 6.92 Å². The van der Waals surface area contributed by atoms with Crippen molar-refractivity contribution < 1.29 is 38.2 Å². The summed E-state index contributed by atoms with van der Waals surface area (Å²) in [4.78, 5) is 49.7. The maximum Gasteiger partial charge on any atom is 0.410 e. The van der Waals surface area contributed by atoms with Crippen LogP contribution in [-0.2, 0) is 28.6 Å². The summed E-state index contributed by atoms with van der Waals surface area (Å²) in [7, 11) is 0. The molecule has 2 N–H and O–H groups in total. The molecule has 26 heavy (non-hydrogen) atoms. The SMILES string of the molecule is CC(C)OC(=O)C(CCC(=O)C=[N+]=N)NC(=O)OC(C)OC(=O)C(C)C. The lowest BCUT2D eigenvalue weighted by Gasteiger charge is -2.20. The standard InChI is InChI=1S/C16H25N3O7/c1-9(2)14(21)25-11(5)26-16(23)19-13(15(22)24-10(3)4)7-6-12(20)8-18-17/h8-11,13,17H,6-7H2,1-5H3/p+1. The molecule has 0 aliphatic rings. The summed E-state index contributed by atoms with van der Waals surface area (Å²) >= 11 is 0. The largest absolute Gasteiger partial charge is 0.461 e. The smallest absolute Gasteiger partial charge is 0.410 e. The van der Waals surface area contributed by atoms with Crippen molar-refractivity contribution in [2.45, 2.75) is 65.9 Å². The van der Waals surface area contributed by atoms with Crippen LogP contribution in [0.1, 0.15) is 47.5 Å². The van der Waals surface area contributed by atoms with Crippen molar-refractivity contribution in [3.63, 3.8) is 0 Å². The molecule has 0 aliphatic carbocycles. The summed E-state index contributed by atoms with van der Waals surface area (Å²) in [5.74, 6) is -2.14. The molecule has 0 aromatic heterocycles. The van der Waals surface area contributed by atoms with Crippen LogP contribution in [0.5, 0.6) is 0 Å². The number of carbonyl (C=O) groups excluding carboxylic acids is 4. The number of nitrogens with zero attached hydrogens (tertiary/aromatic N) is 1. The van der Waals surface area contributed by atoms with E-state index < -0.39 is 42.3 Å². The molecule has 0 radical (unpaired) electrons. The van der Waals surface area contributed by atoms with Crippen molar-refractivity contribution >= 4 is 30.0 Å². The van der Waals surface area contributed by atoms with Gasteiger partial charge in [0.2, 0.25) is 12.1 Å². The van der Waals surface area contributed by atoms with Crippen molar-refractivity contribution in [3.05, 3.63) is 0 Å². The third-order valence-electron chi connectivity index (χ3n) is 2.84. The minimum atomic E-state index is -1.15. The molecular formula is C16H26N3O7+. The predicted molar refractivity (Wildman–Crippen MR) is 88.3 cm³/mol. The minimum Gasteiger partial charge on any atom is -0.461 e. The van der Waals surface area contributed by atoms with Gasteiger partial charge in [0, 0.05) is 13.3 Å². The maximum absolute atomic E-state index is 12.1. The number of Topliss-reactive ketones (excluding diaryl/α,β-unsaturated/α-hetero) is 1. The first-order valence-corrected chi connectivity index (χ1v) is 8.17. The average Bonchev–Trinajstić information content (AvgIpc) is 2.50. The lowest BCUT2D eigenvalue weighted by Crippen LogP contribution is -2.44. The number of amides is 1. The van der Waals surface area contributed by atoms with Crippen molar-refractivity contribution in [3.8, 4) is 0 Å². The Bertz CT molecular complexity index is 568. The summed E-state index contributed by atoms with van der Waals surface area (Å²) in [6.07, 6.45) is -1.95. The van der Waals surface area contributed by atoms with Gasteiger partial charge in [-0.05, 0) is 20.3 Å². The van der Waals surface area contributed by atoms with Crippen molar-refractivity contribution in [2.24, 2.45) is 5.92 Å². The lowest BCUT2D eigenvalue weighted by atomic mass is 10.1. The van der Waals surface area contributed by atoms with Gasteiger partial charge in [0.25, 0.3) is 0 Å². The van der Waals surface area contributed by atoms with Crippen LogP contribution >= 0.6 is 0 Å². The molecule has 0 rings (SSSR count). The number of nitrogens with one attached hydrogen (secondary N) is 2. The number of rotatable bonds is 10. The molecule has 0 heterocycles. The average molecular weight is 372 g/mol. The van der Waals surface area contributed by atoms with Gasteiger partial charge < -0.3 is 19.5 Å². The first-order chi connectivity index (χ1) is 12.1. The zero-order valence-electron chi connectivity index (χ0n) is 15.6. The van der Waals surface area contributed by atoms with Gasteiger partial charge in [0.15, 0.2) is 0 Å². The number of hydrogen-bond acceptors (Lipinski definition) is 8. The van der Waals surface area contributed by atoms with E-state index >= 15 is 0 Å². The van der Waals surface area contributed by atoms with E-state index in [1.54, 1.807) is 27.7 Å². The molecule has 10 heteroatoms. The second-order valence-electron chi connectivity index (χ2n) is 6.01. The highest BCUT2D eigenvalue weighted by Crippen LogP contribution is 2.06. The fourth-order valence-corrected chi connectivity index (χ4v) is 1.64. The highest BCUT2D eigenvalue weighted by atomic mass is 16.7. The molecule has 0 aliphatic heterocycles. The molecule has 0 aromatic carbocycles. The molecule has 0 saturated heterocycles. The fraction of sp³-hybridized carbons (Fsp3) is 0.688. The number of alkyl carbamates (subject to hydrolysis) is 1. The topological polar surface area (TPSA) is 146 Å². The Morgan fingerprint density at radius 1 is 1.00 bits per heavy atom. The zero-order valence-corrected chi connectivity index (χ0v) is 15.6. The first-order valence-electron chi connectivity index (χ1n) is 8.17. The number of ketones is 1. The number of hydrogen-bond donors (Lipinski definition) is 2. The van der Waals surface area contributed by atoms with Crippen LogP contribution in [0.3, 0.4) is 0 Å². The highest BCUT2D eigenvalue weighted by Gasteiger charge is 2.26. The Morgan fingerprint density at radius 2 is 1.62 bits per heavy atom. The zero-order chi connectivity index (χ0) is 20.3. The monoisotopic (exact) mass is 372 g/mol. The minimum absolute atomic E-state index is 0.0638. The molecule has 1 amide bonds. The Kier molecular flexibility index (Phi) is 10.5. The second kappa shape index (κ2) is 11.8. The molecule has 0 aromatic rings. The summed E-state index contributed by atoms with van der Waals surface area (Å²) in [6, 6.07) is -1.14. The van der Waals surface area contributed by atoms with Crippen LogP contribution in [0.2, 0.25) is 0 Å². The third kappa shape index (κ3) is 10.2. The van der Waals surface area contributed by atoms with E-state index in [-0.39, 0.29) is 18.8 Å². The van der Waals surface area contributed by atoms with E-state index in [2.05, 4.69) is 10.1 Å². The van der Waals surface area contributed by atoms with Gasteiger partial charge in [-0.3, -0.25) is 9.59 Å². The molecule has 0 fully saturated rings. The molecular weight excluding hydrogens is 346 g/mol. The quantitative estimate of drug-likeness (QED) is 0.193. The van der Waals surface area contributed by atoms with Crippen LogP contribution in [0.15, 0.2) is 0 Å². The van der Waals surface area contributed by atoms with Gasteiger partial charge in [0.05, 0.1) is 22.3 Å². The van der Waals surface area contributed by atoms with Crippen molar-refractivity contribution in [2.75, 3.05) is 0 Å². The second-order valence-corrected chi connectivity index (χ2v) is 6.01. The summed E-state index contributed by atoms with van der Waals surface area (Å²) in [6.45, 7) is 7.89. The van der Waals surface area contributed by atoms with Crippen molar-refractivity contribution in [1.82, 2.24) is 5.32 Å². The van der Waals surface area contributed by atoms with E-state index in [9.17, 15) is 19.2 Å². The van der Waals surface area contributed by atoms with Crippen LogP contribution in [0.25, 0.3) is 0 Å². The normalized spacial score (nSPS) is 12.6. The van der Waals surface area contributed by atoms with Gasteiger partial charge in [-0.1, -0.05) is 13.8 Å².